The third-order valence-corrected chi connectivity index (χ3v) is 5.68. The molecule has 0 fully saturated rings. The fraction of sp³-hybridized carbons (Fsp3) is 0.429. The molecule has 1 unspecified atom stereocenters. The summed E-state index contributed by atoms with van der Waals surface area (Å²) in [5.41, 5.74) is 8.50. The molecule has 2 N–H and O–H groups in total. The highest BCUT2D eigenvalue weighted by atomic mass is 16.5. The minimum Gasteiger partial charge on any atom is -0.493 e. The van der Waals surface area contributed by atoms with E-state index in [0.717, 1.165) is 41.3 Å². The zero-order chi connectivity index (χ0) is 18.6. The third-order valence-electron chi connectivity index (χ3n) is 5.68. The number of methoxy groups -OCH3 is 1. The Balaban J connectivity index is 2.13. The van der Waals surface area contributed by atoms with Crippen LogP contribution in [0.5, 0.6) is 5.75 Å². The summed E-state index contributed by atoms with van der Waals surface area (Å²) < 4.78 is 11.0. The van der Waals surface area contributed by atoms with Gasteiger partial charge in [0.25, 0.3) is 0 Å². The van der Waals surface area contributed by atoms with Crippen molar-refractivity contribution < 1.29 is 9.15 Å². The summed E-state index contributed by atoms with van der Waals surface area (Å²) in [6.07, 6.45) is 2.85. The van der Waals surface area contributed by atoms with Gasteiger partial charge in [0, 0.05) is 16.5 Å². The average molecular weight is 352 g/mol. The molecule has 0 saturated heterocycles. The van der Waals surface area contributed by atoms with E-state index in [-0.39, 0.29) is 11.2 Å². The molecule has 4 rings (SSSR count). The summed E-state index contributed by atoms with van der Waals surface area (Å²) in [5.74, 6) is 1.33. The lowest BCUT2D eigenvalue weighted by Gasteiger charge is -2.35. The standard InChI is InChI=1S/C21H24N2O3/c1-21(2,3)11-8-9-14-13(10-11)16-12-6-5-7-15(25-4)18(12)26-20(24)17(16)19(22)23-14/h5-7,11H,8-10H2,1-4H3,(H2,22,23). The summed E-state index contributed by atoms with van der Waals surface area (Å²) in [7, 11) is 1.57. The summed E-state index contributed by atoms with van der Waals surface area (Å²) in [4.78, 5) is 17.3. The van der Waals surface area contributed by atoms with Crippen LogP contribution in [-0.2, 0) is 12.8 Å². The number of aromatic nitrogens is 1. The van der Waals surface area contributed by atoms with Crippen molar-refractivity contribution in [3.05, 3.63) is 39.9 Å². The van der Waals surface area contributed by atoms with Gasteiger partial charge in [-0.05, 0) is 42.2 Å². The molecule has 2 heterocycles. The van der Waals surface area contributed by atoms with E-state index >= 15 is 0 Å². The van der Waals surface area contributed by atoms with Crippen LogP contribution in [0.2, 0.25) is 0 Å². The quantitative estimate of drug-likeness (QED) is 0.527. The number of hydrogen-bond acceptors (Lipinski definition) is 5. The Morgan fingerprint density at radius 3 is 2.73 bits per heavy atom. The molecule has 5 heteroatoms. The van der Waals surface area contributed by atoms with Crippen molar-refractivity contribution in [3.8, 4) is 5.75 Å². The van der Waals surface area contributed by atoms with Crippen molar-refractivity contribution in [3.63, 3.8) is 0 Å². The molecule has 1 aliphatic carbocycles. The lowest BCUT2D eigenvalue weighted by molar-refractivity contribution is 0.215. The number of nitrogen functional groups attached to an aromatic ring is 1. The molecule has 1 atom stereocenters. The number of rotatable bonds is 1. The molecule has 0 saturated carbocycles. The number of anilines is 1. The molecule has 5 nitrogen and oxygen atoms in total. The smallest absolute Gasteiger partial charge is 0.348 e. The van der Waals surface area contributed by atoms with E-state index in [1.165, 1.54) is 0 Å². The molecule has 0 amide bonds. The monoisotopic (exact) mass is 352 g/mol. The Morgan fingerprint density at radius 1 is 1.27 bits per heavy atom. The average Bonchev–Trinajstić information content (AvgIpc) is 2.59. The van der Waals surface area contributed by atoms with Crippen molar-refractivity contribution in [2.45, 2.75) is 40.0 Å². The molecule has 0 aliphatic heterocycles. The molecule has 0 bridgehead atoms. The van der Waals surface area contributed by atoms with Crippen LogP contribution in [0.25, 0.3) is 21.7 Å². The lowest BCUT2D eigenvalue weighted by atomic mass is 9.71. The maximum absolute atomic E-state index is 12.7. The zero-order valence-corrected chi connectivity index (χ0v) is 15.7. The van der Waals surface area contributed by atoms with Gasteiger partial charge in [0.05, 0.1) is 7.11 Å². The number of benzene rings is 1. The van der Waals surface area contributed by atoms with Crippen LogP contribution in [0.3, 0.4) is 0 Å². The molecule has 136 valence electrons. The Kier molecular flexibility index (Phi) is 3.72. The first-order valence-electron chi connectivity index (χ1n) is 9.02. The molecule has 1 aliphatic rings. The minimum atomic E-state index is -0.456. The van der Waals surface area contributed by atoms with Crippen molar-refractivity contribution in [2.75, 3.05) is 12.8 Å². The molecule has 0 radical (unpaired) electrons. The number of hydrogen-bond donors (Lipinski definition) is 1. The van der Waals surface area contributed by atoms with Gasteiger partial charge in [-0.25, -0.2) is 9.78 Å². The highest BCUT2D eigenvalue weighted by molar-refractivity contribution is 6.10. The first-order chi connectivity index (χ1) is 12.3. The normalized spacial score (nSPS) is 17.5. The summed E-state index contributed by atoms with van der Waals surface area (Å²) in [5, 5.41) is 2.13. The Hall–Kier alpha value is -2.56. The topological polar surface area (TPSA) is 78.3 Å². The third kappa shape index (κ3) is 2.45. The van der Waals surface area contributed by atoms with Crippen molar-refractivity contribution >= 4 is 27.6 Å². The molecular formula is C21H24N2O3. The second kappa shape index (κ2) is 5.73. The first kappa shape index (κ1) is 16.9. The Labute approximate surface area is 152 Å². The van der Waals surface area contributed by atoms with Crippen LogP contribution < -0.4 is 16.1 Å². The minimum absolute atomic E-state index is 0.193. The van der Waals surface area contributed by atoms with Crippen molar-refractivity contribution in [1.82, 2.24) is 4.98 Å². The predicted molar refractivity (Wildman–Crippen MR) is 104 cm³/mol. The van der Waals surface area contributed by atoms with Gasteiger partial charge in [-0.3, -0.25) is 0 Å². The van der Waals surface area contributed by atoms with Gasteiger partial charge in [0.2, 0.25) is 0 Å². The molecule has 1 aromatic carbocycles. The maximum atomic E-state index is 12.7. The molecule has 3 aromatic rings. The van der Waals surface area contributed by atoms with Gasteiger partial charge in [0.15, 0.2) is 11.3 Å². The number of nitrogens with two attached hydrogens (primary N) is 1. The van der Waals surface area contributed by atoms with E-state index in [4.69, 9.17) is 14.9 Å². The van der Waals surface area contributed by atoms with E-state index < -0.39 is 5.63 Å². The van der Waals surface area contributed by atoms with E-state index in [1.807, 2.05) is 12.1 Å². The van der Waals surface area contributed by atoms with Crippen LogP contribution in [0.4, 0.5) is 5.82 Å². The SMILES string of the molecule is COc1cccc2c1oc(=O)c1c(N)nc3c(c12)CC(C(C)(C)C)CC3. The first-order valence-corrected chi connectivity index (χ1v) is 9.02. The fourth-order valence-corrected chi connectivity index (χ4v) is 4.14. The summed E-state index contributed by atoms with van der Waals surface area (Å²) in [6, 6.07) is 5.67. The van der Waals surface area contributed by atoms with Gasteiger partial charge >= 0.3 is 5.63 Å². The van der Waals surface area contributed by atoms with Crippen LogP contribution >= 0.6 is 0 Å². The highest BCUT2D eigenvalue weighted by Gasteiger charge is 2.32. The molecular weight excluding hydrogens is 328 g/mol. The van der Waals surface area contributed by atoms with Gasteiger partial charge < -0.3 is 14.9 Å². The van der Waals surface area contributed by atoms with Crippen LogP contribution in [0, 0.1) is 11.3 Å². The van der Waals surface area contributed by atoms with Crippen LogP contribution in [0.15, 0.2) is 27.4 Å². The maximum Gasteiger partial charge on any atom is 0.348 e. The molecule has 2 aromatic heterocycles. The van der Waals surface area contributed by atoms with Gasteiger partial charge in [-0.15, -0.1) is 0 Å². The summed E-state index contributed by atoms with van der Waals surface area (Å²) in [6.45, 7) is 6.81. The largest absolute Gasteiger partial charge is 0.493 e. The fourth-order valence-electron chi connectivity index (χ4n) is 4.14. The van der Waals surface area contributed by atoms with Gasteiger partial charge in [0.1, 0.15) is 11.2 Å². The predicted octanol–water partition coefficient (Wildman–Crippen LogP) is 4.08. The van der Waals surface area contributed by atoms with E-state index in [9.17, 15) is 4.79 Å². The number of ether oxygens (including phenoxy) is 1. The van der Waals surface area contributed by atoms with E-state index in [1.54, 1.807) is 13.2 Å². The lowest BCUT2D eigenvalue weighted by Crippen LogP contribution is -2.28. The van der Waals surface area contributed by atoms with Crippen molar-refractivity contribution in [2.24, 2.45) is 11.3 Å². The van der Waals surface area contributed by atoms with E-state index in [2.05, 4.69) is 25.8 Å². The number of pyridine rings is 1. The number of aryl methyl sites for hydroxylation is 1. The number of para-hydroxylation sites is 1. The second-order valence-electron chi connectivity index (χ2n) is 8.20. The van der Waals surface area contributed by atoms with Gasteiger partial charge in [-0.2, -0.15) is 0 Å². The second-order valence-corrected chi connectivity index (χ2v) is 8.20. The Morgan fingerprint density at radius 2 is 2.04 bits per heavy atom. The number of fused-ring (bicyclic) bond motifs is 5. The highest BCUT2D eigenvalue weighted by Crippen LogP contribution is 2.42. The molecule has 26 heavy (non-hydrogen) atoms. The van der Waals surface area contributed by atoms with Gasteiger partial charge in [-0.1, -0.05) is 32.9 Å². The number of nitrogens with zero attached hydrogens (tertiary/aromatic N) is 1. The molecule has 0 spiro atoms. The van der Waals surface area contributed by atoms with Crippen LogP contribution in [0.1, 0.15) is 38.4 Å². The van der Waals surface area contributed by atoms with E-state index in [0.29, 0.717) is 22.6 Å². The Bertz CT molecular complexity index is 1080. The van der Waals surface area contributed by atoms with Crippen molar-refractivity contribution in [1.29, 1.82) is 0 Å². The van der Waals surface area contributed by atoms with Crippen LogP contribution in [-0.4, -0.2) is 12.1 Å². The summed E-state index contributed by atoms with van der Waals surface area (Å²) >= 11 is 0. The zero-order valence-electron chi connectivity index (χ0n) is 15.7.